The van der Waals surface area contributed by atoms with Crippen LogP contribution in [0.15, 0.2) is 15.9 Å². The number of nitrogens with one attached hydrogen (secondary N) is 1. The molecule has 0 spiro atoms. The number of rotatable bonds is 8. The van der Waals surface area contributed by atoms with Gasteiger partial charge >= 0.3 is 0 Å². The van der Waals surface area contributed by atoms with Gasteiger partial charge in [-0.1, -0.05) is 6.92 Å². The van der Waals surface area contributed by atoms with E-state index in [1.165, 1.54) is 21.5 Å². The number of ether oxygens (including phenoxy) is 1. The molecule has 0 radical (unpaired) electrons. The number of hydrogen-bond acceptors (Lipinski definition) is 3. The zero-order chi connectivity index (χ0) is 13.0. The minimum absolute atomic E-state index is 0.385. The summed E-state index contributed by atoms with van der Waals surface area (Å²) < 4.78 is 7.20. The Morgan fingerprint density at radius 2 is 2.22 bits per heavy atom. The fourth-order valence-corrected chi connectivity index (χ4v) is 3.98. The van der Waals surface area contributed by atoms with Gasteiger partial charge in [-0.2, -0.15) is 0 Å². The van der Waals surface area contributed by atoms with Gasteiger partial charge < -0.3 is 10.1 Å². The van der Waals surface area contributed by atoms with Crippen molar-refractivity contribution in [2.75, 3.05) is 13.2 Å². The van der Waals surface area contributed by atoms with E-state index >= 15 is 0 Å². The van der Waals surface area contributed by atoms with Gasteiger partial charge in [-0.15, -0.1) is 11.3 Å². The van der Waals surface area contributed by atoms with Gasteiger partial charge in [-0.05, 0) is 66.7 Å². The summed E-state index contributed by atoms with van der Waals surface area (Å²) in [5, 5.41) is 3.61. The van der Waals surface area contributed by atoms with Crippen LogP contribution < -0.4 is 5.32 Å². The Balaban J connectivity index is 2.00. The molecule has 2 nitrogen and oxygen atoms in total. The second-order valence-corrected chi connectivity index (χ2v) is 7.38. The van der Waals surface area contributed by atoms with Crippen LogP contribution in [0.2, 0.25) is 0 Å². The fraction of sp³-hybridized carbons (Fsp3) is 0.714. The van der Waals surface area contributed by atoms with Gasteiger partial charge in [0.25, 0.3) is 0 Å². The lowest BCUT2D eigenvalue weighted by Gasteiger charge is -2.27. The van der Waals surface area contributed by atoms with Crippen molar-refractivity contribution >= 4 is 27.3 Å². The van der Waals surface area contributed by atoms with E-state index in [0.29, 0.717) is 12.1 Å². The third-order valence-corrected chi connectivity index (χ3v) is 5.00. The summed E-state index contributed by atoms with van der Waals surface area (Å²) >= 11 is 5.37. The smallest absolute Gasteiger partial charge is 0.0759 e. The van der Waals surface area contributed by atoms with Crippen LogP contribution in [-0.2, 0) is 11.2 Å². The predicted molar refractivity (Wildman–Crippen MR) is 81.3 cm³/mol. The summed E-state index contributed by atoms with van der Waals surface area (Å²) in [6, 6.07) is 4.80. The summed E-state index contributed by atoms with van der Waals surface area (Å²) in [4.78, 5) is 1.43. The van der Waals surface area contributed by atoms with Crippen molar-refractivity contribution in [3.63, 3.8) is 0 Å². The maximum absolute atomic E-state index is 5.99. The van der Waals surface area contributed by atoms with Crippen molar-refractivity contribution in [3.8, 4) is 0 Å². The van der Waals surface area contributed by atoms with Gasteiger partial charge in [0.05, 0.1) is 9.89 Å². The molecule has 1 N–H and O–H groups in total. The highest BCUT2D eigenvalue weighted by atomic mass is 79.9. The fourth-order valence-electron chi connectivity index (χ4n) is 2.44. The highest BCUT2D eigenvalue weighted by molar-refractivity contribution is 9.11. The SMILES string of the molecule is CCNC(Cc1ccc(Br)s1)C(OCC)C1CC1. The summed E-state index contributed by atoms with van der Waals surface area (Å²) in [5.41, 5.74) is 0. The first kappa shape index (κ1) is 14.5. The highest BCUT2D eigenvalue weighted by Gasteiger charge is 2.37. The molecule has 1 saturated carbocycles. The molecule has 0 bridgehead atoms. The van der Waals surface area contributed by atoms with E-state index in [-0.39, 0.29) is 0 Å². The topological polar surface area (TPSA) is 21.3 Å². The second kappa shape index (κ2) is 7.04. The first-order valence-electron chi connectivity index (χ1n) is 6.83. The molecule has 2 atom stereocenters. The minimum atomic E-state index is 0.385. The summed E-state index contributed by atoms with van der Waals surface area (Å²) in [5.74, 6) is 0.775. The maximum Gasteiger partial charge on any atom is 0.0759 e. The van der Waals surface area contributed by atoms with Gasteiger partial charge in [0.1, 0.15) is 0 Å². The van der Waals surface area contributed by atoms with Crippen LogP contribution >= 0.6 is 27.3 Å². The molecule has 1 aliphatic carbocycles. The molecule has 1 aliphatic rings. The van der Waals surface area contributed by atoms with Gasteiger partial charge in [0.15, 0.2) is 0 Å². The van der Waals surface area contributed by atoms with E-state index < -0.39 is 0 Å². The molecule has 2 unspecified atom stereocenters. The molecule has 18 heavy (non-hydrogen) atoms. The lowest BCUT2D eigenvalue weighted by molar-refractivity contribution is 0.0198. The average molecular weight is 332 g/mol. The Morgan fingerprint density at radius 1 is 1.44 bits per heavy atom. The molecular formula is C14H22BrNOS. The first-order valence-corrected chi connectivity index (χ1v) is 8.44. The summed E-state index contributed by atoms with van der Waals surface area (Å²) in [7, 11) is 0. The number of likely N-dealkylation sites (N-methyl/N-ethyl adjacent to an activating group) is 1. The van der Waals surface area contributed by atoms with Crippen LogP contribution in [0.4, 0.5) is 0 Å². The first-order chi connectivity index (χ1) is 8.74. The molecule has 1 aromatic rings. The van der Waals surface area contributed by atoms with Crippen molar-refractivity contribution < 1.29 is 4.74 Å². The van der Waals surface area contributed by atoms with Crippen LogP contribution in [0.3, 0.4) is 0 Å². The predicted octanol–water partition coefficient (Wildman–Crippen LogP) is 3.85. The standard InChI is InChI=1S/C14H22BrNOS/c1-3-16-12(9-11-7-8-13(15)18-11)14(17-4-2)10-5-6-10/h7-8,10,12,14,16H,3-6,9H2,1-2H3. The lowest BCUT2D eigenvalue weighted by Crippen LogP contribution is -2.44. The van der Waals surface area contributed by atoms with Crippen molar-refractivity contribution in [2.24, 2.45) is 5.92 Å². The van der Waals surface area contributed by atoms with Gasteiger partial charge in [0.2, 0.25) is 0 Å². The zero-order valence-corrected chi connectivity index (χ0v) is 13.5. The van der Waals surface area contributed by atoms with E-state index in [9.17, 15) is 0 Å². The molecule has 0 aliphatic heterocycles. The van der Waals surface area contributed by atoms with Crippen molar-refractivity contribution in [3.05, 3.63) is 20.8 Å². The molecule has 1 fully saturated rings. The monoisotopic (exact) mass is 331 g/mol. The van der Waals surface area contributed by atoms with E-state index in [2.05, 4.69) is 47.2 Å². The van der Waals surface area contributed by atoms with E-state index in [4.69, 9.17) is 4.74 Å². The molecule has 4 heteroatoms. The normalized spacial score (nSPS) is 18.8. The Morgan fingerprint density at radius 3 is 2.72 bits per heavy atom. The molecule has 1 aromatic heterocycles. The van der Waals surface area contributed by atoms with E-state index in [0.717, 1.165) is 25.5 Å². The molecular weight excluding hydrogens is 310 g/mol. The molecule has 0 saturated heterocycles. The largest absolute Gasteiger partial charge is 0.377 e. The average Bonchev–Trinajstić information content (AvgIpc) is 3.10. The summed E-state index contributed by atoms with van der Waals surface area (Å²) in [6.07, 6.45) is 4.13. The number of thiophene rings is 1. The Hall–Kier alpha value is 0.1000. The van der Waals surface area contributed by atoms with E-state index in [1.54, 1.807) is 0 Å². The quantitative estimate of drug-likeness (QED) is 0.781. The van der Waals surface area contributed by atoms with Gasteiger partial charge in [-0.25, -0.2) is 0 Å². The zero-order valence-electron chi connectivity index (χ0n) is 11.1. The maximum atomic E-state index is 5.99. The van der Waals surface area contributed by atoms with Crippen LogP contribution in [-0.4, -0.2) is 25.3 Å². The Kier molecular flexibility index (Phi) is 5.67. The Bertz CT molecular complexity index is 364. The second-order valence-electron chi connectivity index (χ2n) is 4.83. The van der Waals surface area contributed by atoms with Crippen molar-refractivity contribution in [1.82, 2.24) is 5.32 Å². The third-order valence-electron chi connectivity index (χ3n) is 3.36. The van der Waals surface area contributed by atoms with Gasteiger partial charge in [0, 0.05) is 17.5 Å². The molecule has 0 aromatic carbocycles. The van der Waals surface area contributed by atoms with Crippen LogP contribution in [0.25, 0.3) is 0 Å². The van der Waals surface area contributed by atoms with Crippen molar-refractivity contribution in [1.29, 1.82) is 0 Å². The number of halogens is 1. The molecule has 102 valence electrons. The minimum Gasteiger partial charge on any atom is -0.377 e. The molecule has 0 amide bonds. The molecule has 1 heterocycles. The van der Waals surface area contributed by atoms with Crippen molar-refractivity contribution in [2.45, 2.75) is 45.3 Å². The van der Waals surface area contributed by atoms with E-state index in [1.807, 2.05) is 11.3 Å². The van der Waals surface area contributed by atoms with Gasteiger partial charge in [-0.3, -0.25) is 0 Å². The van der Waals surface area contributed by atoms with Crippen LogP contribution in [0, 0.1) is 5.92 Å². The third kappa shape index (κ3) is 4.05. The molecule has 2 rings (SSSR count). The van der Waals surface area contributed by atoms with Crippen LogP contribution in [0.5, 0.6) is 0 Å². The number of hydrogen-bond donors (Lipinski definition) is 1. The van der Waals surface area contributed by atoms with Crippen LogP contribution in [0.1, 0.15) is 31.6 Å². The Labute approximate surface area is 122 Å². The summed E-state index contributed by atoms with van der Waals surface area (Å²) in [6.45, 7) is 6.10. The highest BCUT2D eigenvalue weighted by Crippen LogP contribution is 2.37. The lowest BCUT2D eigenvalue weighted by atomic mass is 10.0.